The maximum absolute atomic E-state index is 13.9. The number of nitrogens with one attached hydrogen (secondary N) is 1. The summed E-state index contributed by atoms with van der Waals surface area (Å²) in [5.74, 6) is -0.283. The molecule has 2 aliphatic rings. The van der Waals surface area contributed by atoms with Crippen LogP contribution in [0.3, 0.4) is 0 Å². The number of rotatable bonds is 3. The monoisotopic (exact) mass is 296 g/mol. The van der Waals surface area contributed by atoms with Gasteiger partial charge in [-0.25, -0.2) is 4.39 Å². The molecule has 1 aromatic rings. The summed E-state index contributed by atoms with van der Waals surface area (Å²) in [6.45, 7) is 0.570. The fraction of sp³-hybridized carbons (Fsp3) is 0.625. The van der Waals surface area contributed by atoms with Crippen LogP contribution in [-0.2, 0) is 6.54 Å². The molecule has 2 heterocycles. The zero-order chi connectivity index (χ0) is 14.1. The molecule has 1 N–H and O–H groups in total. The van der Waals surface area contributed by atoms with E-state index in [4.69, 9.17) is 11.6 Å². The Balaban J connectivity index is 1.60. The molecule has 2 nitrogen and oxygen atoms in total. The summed E-state index contributed by atoms with van der Waals surface area (Å²) in [6, 6.07) is 7.11. The molecule has 0 aliphatic carbocycles. The van der Waals surface area contributed by atoms with Crippen LogP contribution in [0.15, 0.2) is 18.2 Å². The van der Waals surface area contributed by atoms with Gasteiger partial charge in [0.05, 0.1) is 5.02 Å². The van der Waals surface area contributed by atoms with Gasteiger partial charge in [0.1, 0.15) is 5.82 Å². The minimum atomic E-state index is -0.283. The molecule has 0 spiro atoms. The zero-order valence-corrected chi connectivity index (χ0v) is 12.7. The van der Waals surface area contributed by atoms with Crippen LogP contribution in [0.5, 0.6) is 0 Å². The highest BCUT2D eigenvalue weighted by molar-refractivity contribution is 6.30. The SMILES string of the molecule is CN1C2CCCC1CC(NCc1cccc(Cl)c1F)C2. The molecular formula is C16H22ClFN2. The number of halogens is 2. The highest BCUT2D eigenvalue weighted by Gasteiger charge is 2.35. The number of nitrogens with zero attached hydrogens (tertiary/aromatic N) is 1. The number of piperidine rings is 2. The maximum Gasteiger partial charge on any atom is 0.146 e. The van der Waals surface area contributed by atoms with Crippen LogP contribution in [0, 0.1) is 5.82 Å². The quantitative estimate of drug-likeness (QED) is 0.917. The Hall–Kier alpha value is -0.640. The van der Waals surface area contributed by atoms with E-state index in [-0.39, 0.29) is 10.8 Å². The Morgan fingerprint density at radius 2 is 2.00 bits per heavy atom. The average Bonchev–Trinajstić information content (AvgIpc) is 2.41. The van der Waals surface area contributed by atoms with E-state index in [9.17, 15) is 4.39 Å². The van der Waals surface area contributed by atoms with E-state index in [2.05, 4.69) is 17.3 Å². The van der Waals surface area contributed by atoms with E-state index < -0.39 is 0 Å². The first-order chi connectivity index (χ1) is 9.65. The van der Waals surface area contributed by atoms with Gasteiger partial charge in [0.25, 0.3) is 0 Å². The van der Waals surface area contributed by atoms with Gasteiger partial charge in [-0.05, 0) is 38.8 Å². The van der Waals surface area contributed by atoms with Crippen molar-refractivity contribution in [2.75, 3.05) is 7.05 Å². The normalized spacial score (nSPS) is 30.4. The third-order valence-electron chi connectivity index (χ3n) is 4.95. The molecule has 2 bridgehead atoms. The van der Waals surface area contributed by atoms with Crippen molar-refractivity contribution in [3.63, 3.8) is 0 Å². The maximum atomic E-state index is 13.9. The van der Waals surface area contributed by atoms with Gasteiger partial charge in [-0.1, -0.05) is 30.2 Å². The van der Waals surface area contributed by atoms with Crippen LogP contribution in [-0.4, -0.2) is 30.1 Å². The minimum absolute atomic E-state index is 0.213. The predicted molar refractivity (Wildman–Crippen MR) is 80.5 cm³/mol. The second kappa shape index (κ2) is 6.00. The summed E-state index contributed by atoms with van der Waals surface area (Å²) >= 11 is 5.82. The lowest BCUT2D eigenvalue weighted by Crippen LogP contribution is -2.54. The number of hydrogen-bond donors (Lipinski definition) is 1. The lowest BCUT2D eigenvalue weighted by atomic mass is 9.82. The fourth-order valence-corrected chi connectivity index (χ4v) is 3.92. The van der Waals surface area contributed by atoms with Gasteiger partial charge in [-0.2, -0.15) is 0 Å². The molecule has 2 saturated heterocycles. The second-order valence-electron chi connectivity index (χ2n) is 6.17. The van der Waals surface area contributed by atoms with E-state index >= 15 is 0 Å². The van der Waals surface area contributed by atoms with Crippen molar-refractivity contribution in [1.29, 1.82) is 0 Å². The minimum Gasteiger partial charge on any atom is -0.310 e. The van der Waals surface area contributed by atoms with Crippen molar-refractivity contribution >= 4 is 11.6 Å². The Kier molecular flexibility index (Phi) is 4.29. The molecule has 2 aliphatic heterocycles. The summed E-state index contributed by atoms with van der Waals surface area (Å²) in [4.78, 5) is 2.54. The van der Waals surface area contributed by atoms with Gasteiger partial charge in [-0.3, -0.25) is 0 Å². The van der Waals surface area contributed by atoms with Crippen molar-refractivity contribution in [1.82, 2.24) is 10.2 Å². The van der Waals surface area contributed by atoms with Crippen LogP contribution in [0.25, 0.3) is 0 Å². The Labute approximate surface area is 125 Å². The lowest BCUT2D eigenvalue weighted by Gasteiger charge is -2.47. The fourth-order valence-electron chi connectivity index (χ4n) is 3.72. The summed E-state index contributed by atoms with van der Waals surface area (Å²) < 4.78 is 13.9. The van der Waals surface area contributed by atoms with Crippen molar-refractivity contribution in [2.45, 2.75) is 56.8 Å². The molecule has 4 heteroatoms. The van der Waals surface area contributed by atoms with E-state index in [1.807, 2.05) is 12.1 Å². The van der Waals surface area contributed by atoms with Crippen LogP contribution in [0.4, 0.5) is 4.39 Å². The summed E-state index contributed by atoms with van der Waals surface area (Å²) in [5.41, 5.74) is 0.668. The standard InChI is InChI=1S/C16H22ClFN2/c1-20-13-5-3-6-14(20)9-12(8-13)19-10-11-4-2-7-15(17)16(11)18/h2,4,7,12-14,19H,3,5-6,8-10H2,1H3. The number of fused-ring (bicyclic) bond motifs is 2. The Morgan fingerprint density at radius 3 is 2.70 bits per heavy atom. The summed E-state index contributed by atoms with van der Waals surface area (Å²) in [5, 5.41) is 3.74. The van der Waals surface area contributed by atoms with E-state index in [0.717, 1.165) is 0 Å². The lowest BCUT2D eigenvalue weighted by molar-refractivity contribution is 0.0482. The first-order valence-electron chi connectivity index (χ1n) is 7.53. The molecule has 2 atom stereocenters. The molecule has 2 unspecified atom stereocenters. The third-order valence-corrected chi connectivity index (χ3v) is 5.24. The van der Waals surface area contributed by atoms with Crippen molar-refractivity contribution in [3.05, 3.63) is 34.6 Å². The molecule has 0 amide bonds. The van der Waals surface area contributed by atoms with Crippen LogP contribution in [0.1, 0.15) is 37.7 Å². The number of hydrogen-bond acceptors (Lipinski definition) is 2. The van der Waals surface area contributed by atoms with Gasteiger partial charge in [-0.15, -0.1) is 0 Å². The smallest absolute Gasteiger partial charge is 0.146 e. The Morgan fingerprint density at radius 1 is 1.30 bits per heavy atom. The average molecular weight is 297 g/mol. The first-order valence-corrected chi connectivity index (χ1v) is 7.91. The molecule has 3 rings (SSSR count). The summed E-state index contributed by atoms with van der Waals surface area (Å²) in [6.07, 6.45) is 6.31. The van der Waals surface area contributed by atoms with Crippen molar-refractivity contribution in [3.8, 4) is 0 Å². The van der Waals surface area contributed by atoms with Crippen LogP contribution < -0.4 is 5.32 Å². The zero-order valence-electron chi connectivity index (χ0n) is 11.9. The third kappa shape index (κ3) is 2.85. The second-order valence-corrected chi connectivity index (χ2v) is 6.57. The van der Waals surface area contributed by atoms with Gasteiger partial charge in [0.15, 0.2) is 0 Å². The van der Waals surface area contributed by atoms with Gasteiger partial charge in [0, 0.05) is 30.2 Å². The Bertz CT molecular complexity index is 466. The molecule has 0 aromatic heterocycles. The highest BCUT2D eigenvalue weighted by Crippen LogP contribution is 2.32. The molecule has 20 heavy (non-hydrogen) atoms. The van der Waals surface area contributed by atoms with Crippen LogP contribution >= 0.6 is 11.6 Å². The van der Waals surface area contributed by atoms with Crippen molar-refractivity contribution < 1.29 is 4.39 Å². The highest BCUT2D eigenvalue weighted by atomic mass is 35.5. The molecule has 110 valence electrons. The van der Waals surface area contributed by atoms with E-state index in [0.29, 0.717) is 30.2 Å². The predicted octanol–water partition coefficient (Wildman–Crippen LogP) is 3.58. The molecule has 2 fully saturated rings. The topological polar surface area (TPSA) is 15.3 Å². The largest absolute Gasteiger partial charge is 0.310 e. The first kappa shape index (κ1) is 14.3. The molecule has 0 radical (unpaired) electrons. The molecule has 1 aromatic carbocycles. The van der Waals surface area contributed by atoms with Gasteiger partial charge < -0.3 is 10.2 Å². The van der Waals surface area contributed by atoms with E-state index in [1.54, 1.807) is 6.07 Å². The number of benzene rings is 1. The molecule has 0 saturated carbocycles. The summed E-state index contributed by atoms with van der Waals surface area (Å²) in [7, 11) is 2.25. The molecular weight excluding hydrogens is 275 g/mol. The van der Waals surface area contributed by atoms with Gasteiger partial charge in [0.2, 0.25) is 0 Å². The van der Waals surface area contributed by atoms with Crippen LogP contribution in [0.2, 0.25) is 5.02 Å². The van der Waals surface area contributed by atoms with E-state index in [1.165, 1.54) is 32.1 Å². The van der Waals surface area contributed by atoms with Crippen molar-refractivity contribution in [2.24, 2.45) is 0 Å². The van der Waals surface area contributed by atoms with Gasteiger partial charge >= 0.3 is 0 Å².